The van der Waals surface area contributed by atoms with Crippen molar-refractivity contribution >= 4 is 48.2 Å². The van der Waals surface area contributed by atoms with Gasteiger partial charge in [-0.25, -0.2) is 0 Å². The van der Waals surface area contributed by atoms with E-state index in [4.69, 9.17) is 13.0 Å². The van der Waals surface area contributed by atoms with Crippen molar-refractivity contribution in [1.82, 2.24) is 0 Å². The number of rotatable bonds is 0. The predicted molar refractivity (Wildman–Crippen MR) is 21.2 cm³/mol. The molecule has 36 valence electrons. The summed E-state index contributed by atoms with van der Waals surface area (Å²) in [6, 6.07) is 0. The van der Waals surface area contributed by atoms with Crippen LogP contribution in [0.15, 0.2) is 0 Å². The van der Waals surface area contributed by atoms with Gasteiger partial charge in [-0.2, -0.15) is 8.42 Å². The van der Waals surface area contributed by atoms with Gasteiger partial charge in [-0.1, -0.05) is 3.89 Å². The van der Waals surface area contributed by atoms with Crippen molar-refractivity contribution in [3.05, 3.63) is 0 Å². The second-order valence-corrected chi connectivity index (χ2v) is 1.24. The summed E-state index contributed by atoms with van der Waals surface area (Å²) in [4.78, 5) is 0. The van der Waals surface area contributed by atoms with Crippen molar-refractivity contribution < 1.29 is 16.9 Å². The Bertz CT molecular complexity index is 94.0. The Hall–Kier alpha value is 1.10. The fourth-order valence-electron chi connectivity index (χ4n) is 0. The summed E-state index contributed by atoms with van der Waals surface area (Å²) in [6.07, 6.45) is 0. The molecule has 1 N–H and O–H groups in total. The van der Waals surface area contributed by atoms with Crippen LogP contribution in [0, 0.1) is 0 Å². The summed E-state index contributed by atoms with van der Waals surface area (Å²) in [7, 11) is -5.17. The van der Waals surface area contributed by atoms with E-state index in [2.05, 4.69) is 0 Å². The molecule has 0 aromatic heterocycles. The Morgan fingerprint density at radius 3 is 1.50 bits per heavy atom. The van der Waals surface area contributed by atoms with E-state index in [0.29, 0.717) is 0 Å². The van der Waals surface area contributed by atoms with Crippen LogP contribution in [0.3, 0.4) is 0 Å². The molecule has 0 aliphatic carbocycles. The summed E-state index contributed by atoms with van der Waals surface area (Å²) in [6.45, 7) is 0. The quantitative estimate of drug-likeness (QED) is 0.264. The predicted octanol–water partition coefficient (Wildman–Crippen LogP) is -1.16. The summed E-state index contributed by atoms with van der Waals surface area (Å²) in [5.74, 6) is 0. The van der Waals surface area contributed by atoms with Crippen LogP contribution in [0.4, 0.5) is 3.89 Å². The molecule has 0 aromatic carbocycles. The fraction of sp³-hybridized carbons (Fsp3) is 0. The molecule has 3 nitrogen and oxygen atoms in total. The van der Waals surface area contributed by atoms with E-state index < -0.39 is 10.5 Å². The number of hydrogen-bond donors (Lipinski definition) is 1. The Balaban J connectivity index is 0. The summed E-state index contributed by atoms with van der Waals surface area (Å²) in [5, 5.41) is 0. The van der Waals surface area contributed by atoms with Crippen LogP contribution in [0.1, 0.15) is 0 Å². The molecule has 6 heavy (non-hydrogen) atoms. The first-order chi connectivity index (χ1) is 2.00. The van der Waals surface area contributed by atoms with Crippen molar-refractivity contribution in [3.63, 3.8) is 0 Å². The van der Waals surface area contributed by atoms with Gasteiger partial charge in [0.1, 0.15) is 0 Å². The van der Waals surface area contributed by atoms with E-state index in [1.54, 1.807) is 0 Å². The Morgan fingerprint density at radius 2 is 1.50 bits per heavy atom. The SMILES string of the molecule is O=S(=O)(O)F.[CaH2]. The topological polar surface area (TPSA) is 54.4 Å². The summed E-state index contributed by atoms with van der Waals surface area (Å²) >= 11 is 0. The molecule has 0 amide bonds. The first kappa shape index (κ1) is 10.2. The Morgan fingerprint density at radius 1 is 1.50 bits per heavy atom. The Labute approximate surface area is 64.6 Å². The zero-order valence-corrected chi connectivity index (χ0v) is 2.87. The van der Waals surface area contributed by atoms with Crippen molar-refractivity contribution in [3.8, 4) is 0 Å². The van der Waals surface area contributed by atoms with E-state index in [1.165, 1.54) is 0 Å². The summed E-state index contributed by atoms with van der Waals surface area (Å²) in [5.41, 5.74) is 0. The van der Waals surface area contributed by atoms with Gasteiger partial charge >= 0.3 is 48.2 Å². The van der Waals surface area contributed by atoms with Gasteiger partial charge in [0, 0.05) is 0 Å². The zero-order chi connectivity index (χ0) is 4.50. The second kappa shape index (κ2) is 3.15. The van der Waals surface area contributed by atoms with Crippen molar-refractivity contribution in [2.24, 2.45) is 0 Å². The Kier molecular flexibility index (Phi) is 5.33. The molecule has 0 radical (unpaired) electrons. The van der Waals surface area contributed by atoms with Gasteiger partial charge < -0.3 is 0 Å². The van der Waals surface area contributed by atoms with Gasteiger partial charge in [0.2, 0.25) is 0 Å². The molecule has 0 spiro atoms. The van der Waals surface area contributed by atoms with E-state index in [-0.39, 0.29) is 37.7 Å². The molecule has 0 saturated carbocycles. The van der Waals surface area contributed by atoms with Gasteiger partial charge in [-0.15, -0.1) is 0 Å². The average Bonchev–Trinajstić information content (AvgIpc) is 0.722. The first-order valence-electron chi connectivity index (χ1n) is 0.670. The molecule has 0 unspecified atom stereocenters. The first-order valence-corrected chi connectivity index (χ1v) is 2.01. The molecule has 0 bridgehead atoms. The molecule has 6 heteroatoms. The molecule has 0 heterocycles. The number of hydrogen-bond acceptors (Lipinski definition) is 2. The van der Waals surface area contributed by atoms with Crippen LogP contribution in [-0.2, 0) is 10.5 Å². The molecule has 0 saturated heterocycles. The van der Waals surface area contributed by atoms with Crippen LogP contribution in [-0.4, -0.2) is 50.7 Å². The van der Waals surface area contributed by atoms with Crippen LogP contribution in [0.5, 0.6) is 0 Å². The minimum atomic E-state index is -5.17. The van der Waals surface area contributed by atoms with Crippen LogP contribution in [0.2, 0.25) is 0 Å². The van der Waals surface area contributed by atoms with Crippen LogP contribution < -0.4 is 0 Å². The van der Waals surface area contributed by atoms with Gasteiger partial charge in [-0.3, -0.25) is 4.55 Å². The monoisotopic (exact) mass is 142 g/mol. The van der Waals surface area contributed by atoms with Crippen molar-refractivity contribution in [2.75, 3.05) is 0 Å². The molecule has 0 aromatic rings. The third-order valence-corrected chi connectivity index (χ3v) is 0. The third kappa shape index (κ3) is 70.9. The molecule has 0 atom stereocenters. The van der Waals surface area contributed by atoms with Crippen LogP contribution >= 0.6 is 0 Å². The van der Waals surface area contributed by atoms with Crippen LogP contribution in [0.25, 0.3) is 0 Å². The van der Waals surface area contributed by atoms with Crippen molar-refractivity contribution in [1.29, 1.82) is 0 Å². The fourth-order valence-corrected chi connectivity index (χ4v) is 0. The molecule has 0 rings (SSSR count). The third-order valence-electron chi connectivity index (χ3n) is 0. The van der Waals surface area contributed by atoms with Gasteiger partial charge in [0.15, 0.2) is 0 Å². The molecule has 0 fully saturated rings. The molecule has 0 aliphatic rings. The normalized spacial score (nSPS) is 9.67. The summed E-state index contributed by atoms with van der Waals surface area (Å²) < 4.78 is 34.1. The average molecular weight is 142 g/mol. The minimum absolute atomic E-state index is 0. The molecular formula is H3CaFO3S. The maximum absolute atomic E-state index is 10.2. The molecule has 0 aliphatic heterocycles. The van der Waals surface area contributed by atoms with E-state index >= 15 is 0 Å². The standard InChI is InChI=1S/Ca.FHO3S.2H/c;1-5(2,3)4;;/h;(H,2,3,4);;. The van der Waals surface area contributed by atoms with E-state index in [0.717, 1.165) is 0 Å². The second-order valence-electron chi connectivity index (χ2n) is 0.412. The zero-order valence-electron chi connectivity index (χ0n) is 2.05. The molecular weight excluding hydrogens is 139 g/mol. The van der Waals surface area contributed by atoms with Gasteiger partial charge in [-0.05, 0) is 0 Å². The maximum atomic E-state index is 10.2. The van der Waals surface area contributed by atoms with E-state index in [1.807, 2.05) is 0 Å². The van der Waals surface area contributed by atoms with Gasteiger partial charge in [0.05, 0.1) is 0 Å². The van der Waals surface area contributed by atoms with E-state index in [9.17, 15) is 3.89 Å². The van der Waals surface area contributed by atoms with Gasteiger partial charge in [0.25, 0.3) is 0 Å². The van der Waals surface area contributed by atoms with Crippen molar-refractivity contribution in [2.45, 2.75) is 0 Å². The number of halogens is 1.